The third-order valence-corrected chi connectivity index (χ3v) is 6.80. The lowest BCUT2D eigenvalue weighted by molar-refractivity contribution is 0.0950. The maximum absolute atomic E-state index is 12.6. The van der Waals surface area contributed by atoms with E-state index in [-0.39, 0.29) is 10.9 Å². The summed E-state index contributed by atoms with van der Waals surface area (Å²) < 4.78 is 5.65. The van der Waals surface area contributed by atoms with Crippen LogP contribution in [0, 0.1) is 5.92 Å². The average molecular weight is 474 g/mol. The quantitative estimate of drug-likeness (QED) is 0.462. The van der Waals surface area contributed by atoms with Crippen LogP contribution in [0.5, 0.6) is 0 Å². The Labute approximate surface area is 193 Å². The van der Waals surface area contributed by atoms with Crippen molar-refractivity contribution in [2.75, 3.05) is 5.32 Å². The summed E-state index contributed by atoms with van der Waals surface area (Å²) in [5.74, 6) is 0.219. The first kappa shape index (κ1) is 21.5. The fraction of sp³-hybridized carbons (Fsp3) is 0.227. The molecule has 0 saturated heterocycles. The first-order chi connectivity index (χ1) is 14.8. The van der Waals surface area contributed by atoms with Gasteiger partial charge in [0, 0.05) is 15.5 Å². The number of benzene rings is 1. The summed E-state index contributed by atoms with van der Waals surface area (Å²) in [5, 5.41) is 6.82. The molecule has 1 aliphatic rings. The number of carbonyl (C=O) groups is 2. The highest BCUT2D eigenvalue weighted by Gasteiger charge is 2.27. The van der Waals surface area contributed by atoms with Gasteiger partial charge < -0.3 is 15.5 Å². The first-order valence-electron chi connectivity index (χ1n) is 9.74. The monoisotopic (exact) mass is 473 g/mol. The molecule has 31 heavy (non-hydrogen) atoms. The molecular weight excluding hydrogens is 454 g/mol. The van der Waals surface area contributed by atoms with Crippen LogP contribution in [0.3, 0.4) is 0 Å². The second kappa shape index (κ2) is 8.82. The van der Waals surface area contributed by atoms with Crippen molar-refractivity contribution < 1.29 is 14.0 Å². The molecule has 0 unspecified atom stereocenters. The molecule has 4 N–H and O–H groups in total. The van der Waals surface area contributed by atoms with E-state index in [1.54, 1.807) is 36.4 Å². The van der Waals surface area contributed by atoms with E-state index in [0.717, 1.165) is 35.3 Å². The van der Waals surface area contributed by atoms with Crippen LogP contribution in [0.25, 0.3) is 11.3 Å². The highest BCUT2D eigenvalue weighted by Crippen LogP contribution is 2.39. The van der Waals surface area contributed by atoms with Crippen molar-refractivity contribution in [1.29, 1.82) is 0 Å². The van der Waals surface area contributed by atoms with Crippen molar-refractivity contribution >= 4 is 57.1 Å². The fourth-order valence-electron chi connectivity index (χ4n) is 3.63. The Balaban J connectivity index is 1.46. The Bertz CT molecular complexity index is 1170. The second-order valence-corrected chi connectivity index (χ2v) is 9.45. The molecule has 1 atom stereocenters. The Hall–Kier alpha value is -2.68. The van der Waals surface area contributed by atoms with E-state index >= 15 is 0 Å². The zero-order valence-electron chi connectivity index (χ0n) is 16.7. The van der Waals surface area contributed by atoms with Crippen molar-refractivity contribution in [3.63, 3.8) is 0 Å². The standard InChI is InChI=1S/C22H20ClN3O3S2/c1-11-2-7-14-17(10-11)31-21(18(14)19(24)27)26-22(30)25-20(28)16-9-8-15(29-16)12-3-5-13(23)6-4-12/h3-6,8-9,11H,2,7,10H2,1H3,(H2,24,27)(H2,25,26,28,30)/t11-/m1/s1. The number of hydrogen-bond donors (Lipinski definition) is 3. The number of nitrogens with one attached hydrogen (secondary N) is 2. The van der Waals surface area contributed by atoms with Crippen molar-refractivity contribution in [1.82, 2.24) is 5.32 Å². The summed E-state index contributed by atoms with van der Waals surface area (Å²) in [4.78, 5) is 25.8. The van der Waals surface area contributed by atoms with E-state index in [4.69, 9.17) is 34.0 Å². The maximum atomic E-state index is 12.6. The summed E-state index contributed by atoms with van der Waals surface area (Å²) in [6.45, 7) is 2.19. The molecule has 160 valence electrons. The van der Waals surface area contributed by atoms with Gasteiger partial charge in [-0.25, -0.2) is 0 Å². The molecule has 0 bridgehead atoms. The predicted molar refractivity (Wildman–Crippen MR) is 127 cm³/mol. The molecule has 2 aromatic heterocycles. The summed E-state index contributed by atoms with van der Waals surface area (Å²) in [7, 11) is 0. The van der Waals surface area contributed by atoms with Crippen LogP contribution in [0.2, 0.25) is 5.02 Å². The van der Waals surface area contributed by atoms with Crippen molar-refractivity contribution in [2.45, 2.75) is 26.2 Å². The van der Waals surface area contributed by atoms with Crippen LogP contribution in [0.4, 0.5) is 5.00 Å². The zero-order chi connectivity index (χ0) is 22.1. The number of primary amides is 1. The van der Waals surface area contributed by atoms with Gasteiger partial charge in [0.1, 0.15) is 10.8 Å². The number of halogens is 1. The molecule has 4 rings (SSSR count). The Morgan fingerprint density at radius 3 is 2.68 bits per heavy atom. The van der Waals surface area contributed by atoms with E-state index in [9.17, 15) is 9.59 Å². The third-order valence-electron chi connectivity index (χ3n) is 5.17. The minimum Gasteiger partial charge on any atom is -0.451 e. The smallest absolute Gasteiger partial charge is 0.293 e. The number of amides is 2. The molecule has 9 heteroatoms. The van der Waals surface area contributed by atoms with E-state index in [0.29, 0.717) is 27.3 Å². The van der Waals surface area contributed by atoms with Gasteiger partial charge in [0.2, 0.25) is 0 Å². The maximum Gasteiger partial charge on any atom is 0.293 e. The minimum absolute atomic E-state index is 0.0728. The summed E-state index contributed by atoms with van der Waals surface area (Å²) in [5.41, 5.74) is 7.88. The third kappa shape index (κ3) is 4.66. The Kier molecular flexibility index (Phi) is 6.13. The lowest BCUT2D eigenvalue weighted by Crippen LogP contribution is -2.34. The van der Waals surface area contributed by atoms with Gasteiger partial charge in [-0.05, 0) is 79.4 Å². The van der Waals surface area contributed by atoms with Gasteiger partial charge in [-0.15, -0.1) is 11.3 Å². The number of thiophene rings is 1. The number of hydrogen-bond acceptors (Lipinski definition) is 5. The van der Waals surface area contributed by atoms with Crippen LogP contribution in [0.1, 0.15) is 44.7 Å². The molecule has 2 amide bonds. The molecule has 2 heterocycles. The summed E-state index contributed by atoms with van der Waals surface area (Å²) in [6.07, 6.45) is 2.73. The minimum atomic E-state index is -0.498. The highest BCUT2D eigenvalue weighted by atomic mass is 35.5. The molecule has 3 aromatic rings. The van der Waals surface area contributed by atoms with Crippen LogP contribution < -0.4 is 16.4 Å². The SMILES string of the molecule is C[C@@H]1CCc2c(sc(NC(=S)NC(=O)c3ccc(-c4ccc(Cl)cc4)o3)c2C(N)=O)C1. The predicted octanol–water partition coefficient (Wildman–Crippen LogP) is 5.01. The highest BCUT2D eigenvalue weighted by molar-refractivity contribution is 7.80. The van der Waals surface area contributed by atoms with Gasteiger partial charge in [-0.1, -0.05) is 18.5 Å². The van der Waals surface area contributed by atoms with E-state index in [1.807, 2.05) is 0 Å². The number of carbonyl (C=O) groups excluding carboxylic acids is 2. The molecule has 0 fully saturated rings. The van der Waals surface area contributed by atoms with Gasteiger partial charge in [-0.2, -0.15) is 0 Å². The van der Waals surface area contributed by atoms with Gasteiger partial charge in [-0.3, -0.25) is 14.9 Å². The zero-order valence-corrected chi connectivity index (χ0v) is 19.0. The Morgan fingerprint density at radius 1 is 1.23 bits per heavy atom. The number of thiocarbonyl (C=S) groups is 1. The van der Waals surface area contributed by atoms with Gasteiger partial charge >= 0.3 is 0 Å². The molecule has 1 aliphatic carbocycles. The largest absolute Gasteiger partial charge is 0.451 e. The van der Waals surface area contributed by atoms with Crippen molar-refractivity contribution in [3.05, 3.63) is 63.2 Å². The van der Waals surface area contributed by atoms with E-state index in [1.165, 1.54) is 11.3 Å². The molecule has 0 radical (unpaired) electrons. The molecule has 0 aliphatic heterocycles. The number of fused-ring (bicyclic) bond motifs is 1. The molecule has 6 nitrogen and oxygen atoms in total. The molecular formula is C22H20ClN3O3S2. The number of furan rings is 1. The fourth-order valence-corrected chi connectivity index (χ4v) is 5.43. The van der Waals surface area contributed by atoms with E-state index in [2.05, 4.69) is 17.6 Å². The molecule has 0 spiro atoms. The van der Waals surface area contributed by atoms with Crippen LogP contribution in [-0.4, -0.2) is 16.9 Å². The normalized spacial score (nSPS) is 15.2. The topological polar surface area (TPSA) is 97.4 Å². The Morgan fingerprint density at radius 2 is 1.97 bits per heavy atom. The number of rotatable bonds is 4. The molecule has 1 aromatic carbocycles. The van der Waals surface area contributed by atoms with Crippen LogP contribution in [-0.2, 0) is 12.8 Å². The average Bonchev–Trinajstić information content (AvgIpc) is 3.33. The van der Waals surface area contributed by atoms with Gasteiger partial charge in [0.25, 0.3) is 11.8 Å². The molecule has 0 saturated carbocycles. The summed E-state index contributed by atoms with van der Waals surface area (Å²) >= 11 is 12.7. The van der Waals surface area contributed by atoms with Crippen molar-refractivity contribution in [3.8, 4) is 11.3 Å². The van der Waals surface area contributed by atoms with Crippen LogP contribution >= 0.6 is 35.2 Å². The summed E-state index contributed by atoms with van der Waals surface area (Å²) in [6, 6.07) is 10.4. The van der Waals surface area contributed by atoms with Gasteiger partial charge in [0.15, 0.2) is 10.9 Å². The lowest BCUT2D eigenvalue weighted by Gasteiger charge is -2.18. The van der Waals surface area contributed by atoms with Crippen LogP contribution in [0.15, 0.2) is 40.8 Å². The first-order valence-corrected chi connectivity index (χ1v) is 11.3. The van der Waals surface area contributed by atoms with Gasteiger partial charge in [0.05, 0.1) is 5.56 Å². The number of nitrogens with two attached hydrogens (primary N) is 1. The van der Waals surface area contributed by atoms with E-state index < -0.39 is 11.8 Å². The number of anilines is 1. The lowest BCUT2D eigenvalue weighted by atomic mass is 9.88. The van der Waals surface area contributed by atoms with Crippen molar-refractivity contribution in [2.24, 2.45) is 11.7 Å². The second-order valence-electron chi connectivity index (χ2n) is 7.50.